The Bertz CT molecular complexity index is 1400. The Morgan fingerprint density at radius 3 is 2.61 bits per heavy atom. The summed E-state index contributed by atoms with van der Waals surface area (Å²) in [6.07, 6.45) is 2.56. The van der Waals surface area contributed by atoms with Crippen LogP contribution in [0.1, 0.15) is 42.5 Å². The maximum absolute atomic E-state index is 12.1. The van der Waals surface area contributed by atoms with Gasteiger partial charge in [0.05, 0.1) is 12.6 Å². The number of amides is 1. The van der Waals surface area contributed by atoms with Crippen LogP contribution in [0.2, 0.25) is 0 Å². The summed E-state index contributed by atoms with van der Waals surface area (Å²) in [5, 5.41) is 17.2. The van der Waals surface area contributed by atoms with Gasteiger partial charge in [0.15, 0.2) is 0 Å². The number of hydrogen-bond acceptors (Lipinski definition) is 6. The highest BCUT2D eigenvalue weighted by molar-refractivity contribution is 5.93. The van der Waals surface area contributed by atoms with Gasteiger partial charge < -0.3 is 14.7 Å². The van der Waals surface area contributed by atoms with E-state index >= 15 is 0 Å². The van der Waals surface area contributed by atoms with Crippen molar-refractivity contribution in [2.75, 3.05) is 20.2 Å². The van der Waals surface area contributed by atoms with Crippen LogP contribution in [0.4, 0.5) is 0 Å². The predicted octanol–water partition coefficient (Wildman–Crippen LogP) is 4.40. The van der Waals surface area contributed by atoms with E-state index in [1.54, 1.807) is 12.0 Å². The Balaban J connectivity index is 1.43. The number of ether oxygens (including phenoxy) is 1. The van der Waals surface area contributed by atoms with Crippen LogP contribution in [0.5, 0.6) is 5.75 Å². The van der Waals surface area contributed by atoms with Gasteiger partial charge in [-0.25, -0.2) is 4.98 Å². The average molecular weight is 486 g/mol. The number of aliphatic hydroxyl groups is 1. The number of likely N-dealkylation sites (tertiary alicyclic amines) is 1. The fourth-order valence-electron chi connectivity index (χ4n) is 4.93. The van der Waals surface area contributed by atoms with Crippen molar-refractivity contribution in [3.8, 4) is 28.3 Å². The van der Waals surface area contributed by atoms with E-state index in [-0.39, 0.29) is 11.8 Å². The number of carbonyl (C=O) groups is 1. The maximum Gasteiger partial charge on any atom is 0.251 e. The first-order chi connectivity index (χ1) is 17.4. The molecule has 4 aromatic rings. The summed E-state index contributed by atoms with van der Waals surface area (Å²) < 4.78 is 5.67. The molecule has 0 spiro atoms. The standard InChI is InChI=1S/C28H31N5O3/c1-16-6-5-7-21(17(16)2)26-24(36-4)14-23-27(30-26)25(32-31-23)20-8-9-22(29-15-20)19-10-12-33(13-11-19)28(35)18(3)34/h5-9,14-15,18-19,34H,10-13H2,1-4H3,(H,31,32)/t18-/m0/s1. The number of carbonyl (C=O) groups excluding carboxylic acids is 1. The minimum atomic E-state index is -0.952. The van der Waals surface area contributed by atoms with Gasteiger partial charge >= 0.3 is 0 Å². The van der Waals surface area contributed by atoms with E-state index in [1.807, 2.05) is 30.5 Å². The van der Waals surface area contributed by atoms with Crippen molar-refractivity contribution in [3.63, 3.8) is 0 Å². The third-order valence-electron chi connectivity index (χ3n) is 7.22. The van der Waals surface area contributed by atoms with Crippen LogP contribution >= 0.6 is 0 Å². The van der Waals surface area contributed by atoms with E-state index in [0.29, 0.717) is 18.8 Å². The van der Waals surface area contributed by atoms with Gasteiger partial charge in [0.25, 0.3) is 5.91 Å². The van der Waals surface area contributed by atoms with Gasteiger partial charge in [0.1, 0.15) is 28.8 Å². The summed E-state index contributed by atoms with van der Waals surface area (Å²) in [5.74, 6) is 0.776. The molecule has 2 N–H and O–H groups in total. The zero-order chi connectivity index (χ0) is 25.4. The van der Waals surface area contributed by atoms with Crippen molar-refractivity contribution >= 4 is 16.9 Å². The van der Waals surface area contributed by atoms with Crippen LogP contribution < -0.4 is 4.74 Å². The third-order valence-corrected chi connectivity index (χ3v) is 7.22. The lowest BCUT2D eigenvalue weighted by Crippen LogP contribution is -2.42. The lowest BCUT2D eigenvalue weighted by molar-refractivity contribution is -0.140. The van der Waals surface area contributed by atoms with Crippen LogP contribution in [-0.2, 0) is 4.79 Å². The number of nitrogens with zero attached hydrogens (tertiary/aromatic N) is 4. The van der Waals surface area contributed by atoms with Crippen molar-refractivity contribution in [2.45, 2.75) is 45.6 Å². The van der Waals surface area contributed by atoms with Gasteiger partial charge in [-0.15, -0.1) is 0 Å². The zero-order valence-corrected chi connectivity index (χ0v) is 21.1. The minimum absolute atomic E-state index is 0.202. The first kappa shape index (κ1) is 23.9. The quantitative estimate of drug-likeness (QED) is 0.434. The molecule has 1 amide bonds. The third kappa shape index (κ3) is 4.33. The van der Waals surface area contributed by atoms with Gasteiger partial charge in [-0.1, -0.05) is 18.2 Å². The lowest BCUT2D eigenvalue weighted by atomic mass is 9.92. The van der Waals surface area contributed by atoms with Crippen molar-refractivity contribution in [1.29, 1.82) is 0 Å². The summed E-state index contributed by atoms with van der Waals surface area (Å²) in [6, 6.07) is 12.2. The predicted molar refractivity (Wildman–Crippen MR) is 139 cm³/mol. The highest BCUT2D eigenvalue weighted by atomic mass is 16.5. The number of H-pyrrole nitrogens is 1. The number of aromatic amines is 1. The average Bonchev–Trinajstić information content (AvgIpc) is 3.32. The van der Waals surface area contributed by atoms with Crippen molar-refractivity contribution in [3.05, 3.63) is 59.4 Å². The summed E-state index contributed by atoms with van der Waals surface area (Å²) in [5.41, 5.74) is 8.40. The summed E-state index contributed by atoms with van der Waals surface area (Å²) in [4.78, 5) is 23.5. The zero-order valence-electron chi connectivity index (χ0n) is 21.1. The highest BCUT2D eigenvalue weighted by Crippen LogP contribution is 2.36. The molecule has 0 unspecified atom stereocenters. The number of pyridine rings is 2. The molecule has 1 aliphatic rings. The molecule has 8 heteroatoms. The van der Waals surface area contributed by atoms with E-state index in [1.165, 1.54) is 18.1 Å². The fourth-order valence-corrected chi connectivity index (χ4v) is 4.93. The number of aryl methyl sites for hydroxylation is 1. The van der Waals surface area contributed by atoms with E-state index < -0.39 is 6.10 Å². The molecule has 3 aromatic heterocycles. The van der Waals surface area contributed by atoms with E-state index in [9.17, 15) is 9.90 Å². The molecule has 5 rings (SSSR count). The minimum Gasteiger partial charge on any atom is -0.494 e. The number of benzene rings is 1. The Hall–Kier alpha value is -3.78. The molecule has 0 bridgehead atoms. The second kappa shape index (κ2) is 9.70. The maximum atomic E-state index is 12.1. The van der Waals surface area contributed by atoms with E-state index in [0.717, 1.165) is 52.1 Å². The van der Waals surface area contributed by atoms with Gasteiger partial charge in [-0.05, 0) is 56.9 Å². The molecule has 1 atom stereocenters. The number of fused-ring (bicyclic) bond motifs is 1. The number of methoxy groups -OCH3 is 1. The largest absolute Gasteiger partial charge is 0.494 e. The van der Waals surface area contributed by atoms with Crippen LogP contribution in [-0.4, -0.2) is 62.4 Å². The number of aromatic nitrogens is 4. The molecule has 0 aliphatic carbocycles. The first-order valence-electron chi connectivity index (χ1n) is 12.3. The number of aliphatic hydroxyl groups excluding tert-OH is 1. The molecule has 1 saturated heterocycles. The molecule has 0 saturated carbocycles. The van der Waals surface area contributed by atoms with Crippen LogP contribution in [0.25, 0.3) is 33.5 Å². The molecule has 1 aromatic carbocycles. The molecule has 4 heterocycles. The summed E-state index contributed by atoms with van der Waals surface area (Å²) in [7, 11) is 1.65. The second-order valence-corrected chi connectivity index (χ2v) is 9.50. The summed E-state index contributed by atoms with van der Waals surface area (Å²) in [6.45, 7) is 6.97. The van der Waals surface area contributed by atoms with Gasteiger partial charge in [-0.3, -0.25) is 14.9 Å². The Morgan fingerprint density at radius 2 is 1.94 bits per heavy atom. The van der Waals surface area contributed by atoms with E-state index in [4.69, 9.17) is 14.7 Å². The molecular weight excluding hydrogens is 454 g/mol. The fraction of sp³-hybridized carbons (Fsp3) is 0.357. The lowest BCUT2D eigenvalue weighted by Gasteiger charge is -2.32. The van der Waals surface area contributed by atoms with Crippen LogP contribution in [0.15, 0.2) is 42.6 Å². The highest BCUT2D eigenvalue weighted by Gasteiger charge is 2.26. The Labute approximate surface area is 210 Å². The number of piperidine rings is 1. The van der Waals surface area contributed by atoms with E-state index in [2.05, 4.69) is 36.2 Å². The number of rotatable bonds is 5. The SMILES string of the molecule is COc1cc2[nH]nc(-c3ccc(C4CCN(C(=O)[C@H](C)O)CC4)nc3)c2nc1-c1cccc(C)c1C. The molecule has 1 fully saturated rings. The Kier molecular flexibility index (Phi) is 6.45. The monoisotopic (exact) mass is 485 g/mol. The van der Waals surface area contributed by atoms with Crippen LogP contribution in [0.3, 0.4) is 0 Å². The first-order valence-corrected chi connectivity index (χ1v) is 12.3. The Morgan fingerprint density at radius 1 is 1.17 bits per heavy atom. The normalized spacial score (nSPS) is 15.3. The van der Waals surface area contributed by atoms with Crippen molar-refractivity contribution in [2.24, 2.45) is 0 Å². The molecule has 36 heavy (non-hydrogen) atoms. The van der Waals surface area contributed by atoms with Gasteiger partial charge in [0, 0.05) is 48.1 Å². The second-order valence-electron chi connectivity index (χ2n) is 9.50. The van der Waals surface area contributed by atoms with Gasteiger partial charge in [-0.2, -0.15) is 5.10 Å². The smallest absolute Gasteiger partial charge is 0.251 e. The molecule has 8 nitrogen and oxygen atoms in total. The number of nitrogens with one attached hydrogen (secondary N) is 1. The molecule has 1 aliphatic heterocycles. The van der Waals surface area contributed by atoms with Crippen molar-refractivity contribution < 1.29 is 14.6 Å². The van der Waals surface area contributed by atoms with Gasteiger partial charge in [0.2, 0.25) is 0 Å². The van der Waals surface area contributed by atoms with Crippen LogP contribution in [0, 0.1) is 13.8 Å². The summed E-state index contributed by atoms with van der Waals surface area (Å²) >= 11 is 0. The molecule has 0 radical (unpaired) electrons. The molecular formula is C28H31N5O3. The van der Waals surface area contributed by atoms with Crippen molar-refractivity contribution in [1.82, 2.24) is 25.1 Å². The molecule has 186 valence electrons. The topological polar surface area (TPSA) is 104 Å². The number of hydrogen-bond donors (Lipinski definition) is 2.